The molecule has 0 fully saturated rings. The molecule has 3 aromatic rings. The molecule has 0 N–H and O–H groups in total. The summed E-state index contributed by atoms with van der Waals surface area (Å²) in [7, 11) is 0. The fourth-order valence-corrected chi connectivity index (χ4v) is 5.75. The normalized spacial score (nSPS) is 20.9. The Morgan fingerprint density at radius 3 is 2.29 bits per heavy atom. The Hall–Kier alpha value is -2.78. The zero-order valence-corrected chi connectivity index (χ0v) is 16.6. The second-order valence-corrected chi connectivity index (χ2v) is 8.57. The number of carbonyl (C=O) groups excluding carboxylic acids is 1. The quantitative estimate of drug-likeness (QED) is 0.565. The molecule has 0 spiro atoms. The molecule has 0 radical (unpaired) electrons. The van der Waals surface area contributed by atoms with Gasteiger partial charge in [0.1, 0.15) is 0 Å². The molecule has 1 atom stereocenters. The van der Waals surface area contributed by atoms with E-state index in [0.29, 0.717) is 6.54 Å². The van der Waals surface area contributed by atoms with E-state index in [1.54, 1.807) is 0 Å². The first kappa shape index (κ1) is 17.3. The Kier molecular flexibility index (Phi) is 4.13. The molecule has 138 valence electrons. The summed E-state index contributed by atoms with van der Waals surface area (Å²) in [5.74, 6) is 0.980. The molecule has 3 aromatic carbocycles. The third-order valence-corrected chi connectivity index (χ3v) is 7.14. The van der Waals surface area contributed by atoms with E-state index < -0.39 is 5.41 Å². The summed E-state index contributed by atoms with van der Waals surface area (Å²) in [6.45, 7) is 2.71. The third-order valence-electron chi connectivity index (χ3n) is 5.68. The van der Waals surface area contributed by atoms with Crippen molar-refractivity contribution in [2.24, 2.45) is 5.41 Å². The molecule has 0 aromatic heterocycles. The van der Waals surface area contributed by atoms with E-state index in [1.807, 2.05) is 47.0 Å². The average molecular weight is 384 g/mol. The fraction of sp³-hybridized carbons (Fsp3) is 0.160. The Balaban J connectivity index is 1.69. The number of hydrogen-bond acceptors (Lipinski definition) is 2. The number of rotatable bonds is 3. The molecule has 2 aliphatic heterocycles. The molecule has 0 bridgehead atoms. The maximum absolute atomic E-state index is 13.8. The van der Waals surface area contributed by atoms with Gasteiger partial charge in [-0.05, 0) is 29.7 Å². The lowest BCUT2D eigenvalue weighted by Gasteiger charge is -2.40. The number of benzene rings is 3. The fourth-order valence-electron chi connectivity index (χ4n) is 4.27. The van der Waals surface area contributed by atoms with Crippen LogP contribution < -0.4 is 4.90 Å². The van der Waals surface area contributed by atoms with Crippen LogP contribution in [0.5, 0.6) is 0 Å². The van der Waals surface area contributed by atoms with Gasteiger partial charge in [0, 0.05) is 16.2 Å². The monoisotopic (exact) mass is 383 g/mol. The smallest absolute Gasteiger partial charge is 0.238 e. The zero-order valence-electron chi connectivity index (χ0n) is 15.8. The maximum Gasteiger partial charge on any atom is 0.238 e. The molecule has 2 heterocycles. The number of carbonyl (C=O) groups is 1. The lowest BCUT2D eigenvalue weighted by molar-refractivity contribution is -0.124. The molecule has 2 aliphatic rings. The van der Waals surface area contributed by atoms with Gasteiger partial charge in [-0.3, -0.25) is 4.79 Å². The van der Waals surface area contributed by atoms with Gasteiger partial charge < -0.3 is 4.90 Å². The highest BCUT2D eigenvalue weighted by Crippen LogP contribution is 2.58. The minimum Gasteiger partial charge on any atom is -0.307 e. The van der Waals surface area contributed by atoms with E-state index >= 15 is 0 Å². The SMILES string of the molecule is CC12CSC(c3ccccc3)=C1c1ccccc1N(Cc1ccccc1)C2=O. The molecule has 2 nitrogen and oxygen atoms in total. The molecule has 0 aliphatic carbocycles. The van der Waals surface area contributed by atoms with E-state index in [2.05, 4.69) is 61.5 Å². The van der Waals surface area contributed by atoms with E-state index in [1.165, 1.54) is 21.6 Å². The van der Waals surface area contributed by atoms with Crippen LogP contribution in [0, 0.1) is 5.41 Å². The summed E-state index contributed by atoms with van der Waals surface area (Å²) in [5, 5.41) is 0. The second-order valence-electron chi connectivity index (χ2n) is 7.58. The largest absolute Gasteiger partial charge is 0.307 e. The van der Waals surface area contributed by atoms with Crippen molar-refractivity contribution < 1.29 is 4.79 Å². The van der Waals surface area contributed by atoms with Gasteiger partial charge in [-0.2, -0.15) is 0 Å². The lowest BCUT2D eigenvalue weighted by Crippen LogP contribution is -2.47. The molecule has 5 rings (SSSR count). The van der Waals surface area contributed by atoms with Gasteiger partial charge in [-0.25, -0.2) is 0 Å². The summed E-state index contributed by atoms with van der Waals surface area (Å²) in [5.41, 5.74) is 5.23. The molecule has 3 heteroatoms. The van der Waals surface area contributed by atoms with Crippen molar-refractivity contribution in [2.45, 2.75) is 13.5 Å². The Morgan fingerprint density at radius 1 is 0.893 bits per heavy atom. The minimum absolute atomic E-state index is 0.198. The molecule has 28 heavy (non-hydrogen) atoms. The summed E-state index contributed by atoms with van der Waals surface area (Å²) in [4.78, 5) is 17.0. The molecule has 0 saturated carbocycles. The van der Waals surface area contributed by atoms with Crippen LogP contribution >= 0.6 is 11.8 Å². The molecule has 0 saturated heterocycles. The van der Waals surface area contributed by atoms with E-state index in [0.717, 1.165) is 17.0 Å². The highest BCUT2D eigenvalue weighted by atomic mass is 32.2. The highest BCUT2D eigenvalue weighted by Gasteiger charge is 2.50. The number of thioether (sulfide) groups is 1. The van der Waals surface area contributed by atoms with Gasteiger partial charge in [0.15, 0.2) is 0 Å². The lowest BCUT2D eigenvalue weighted by atomic mass is 9.74. The first-order valence-corrected chi connectivity index (χ1v) is 10.6. The first-order chi connectivity index (χ1) is 13.7. The van der Waals surface area contributed by atoms with Gasteiger partial charge in [0.2, 0.25) is 5.91 Å². The van der Waals surface area contributed by atoms with Gasteiger partial charge in [-0.1, -0.05) is 78.9 Å². The van der Waals surface area contributed by atoms with Crippen molar-refractivity contribution in [3.05, 3.63) is 102 Å². The van der Waals surface area contributed by atoms with Crippen LogP contribution in [0.3, 0.4) is 0 Å². The van der Waals surface area contributed by atoms with Gasteiger partial charge in [0.25, 0.3) is 0 Å². The summed E-state index contributed by atoms with van der Waals surface area (Å²) < 4.78 is 0. The van der Waals surface area contributed by atoms with Crippen LogP contribution in [0.25, 0.3) is 10.5 Å². The van der Waals surface area contributed by atoms with Crippen molar-refractivity contribution in [1.82, 2.24) is 0 Å². The van der Waals surface area contributed by atoms with Crippen molar-refractivity contribution in [3.8, 4) is 0 Å². The predicted molar refractivity (Wildman–Crippen MR) is 118 cm³/mol. The summed E-state index contributed by atoms with van der Waals surface area (Å²) in [6, 6.07) is 29.0. The summed E-state index contributed by atoms with van der Waals surface area (Å²) in [6.07, 6.45) is 0. The maximum atomic E-state index is 13.8. The standard InChI is InChI=1S/C25H21NOS/c1-25-17-28-23(19-12-6-3-7-13-19)22(25)20-14-8-9-15-21(20)26(24(25)27)16-18-10-4-2-5-11-18/h2-15H,16-17H2,1H3. The summed E-state index contributed by atoms with van der Waals surface area (Å²) >= 11 is 1.81. The van der Waals surface area contributed by atoms with Gasteiger partial charge in [0.05, 0.1) is 17.6 Å². The molecular weight excluding hydrogens is 362 g/mol. The zero-order chi connectivity index (χ0) is 19.1. The van der Waals surface area contributed by atoms with Gasteiger partial charge in [-0.15, -0.1) is 11.8 Å². The van der Waals surface area contributed by atoms with Crippen molar-refractivity contribution in [3.63, 3.8) is 0 Å². The van der Waals surface area contributed by atoms with Crippen LogP contribution in [0.4, 0.5) is 5.69 Å². The van der Waals surface area contributed by atoms with E-state index in [9.17, 15) is 4.79 Å². The van der Waals surface area contributed by atoms with E-state index in [4.69, 9.17) is 0 Å². The average Bonchev–Trinajstić information content (AvgIpc) is 3.11. The molecule has 1 amide bonds. The van der Waals surface area contributed by atoms with Crippen LogP contribution in [0.1, 0.15) is 23.6 Å². The van der Waals surface area contributed by atoms with Crippen LogP contribution in [-0.2, 0) is 11.3 Å². The number of amides is 1. The minimum atomic E-state index is -0.501. The Labute approximate surface area is 169 Å². The number of fused-ring (bicyclic) bond motifs is 3. The molecule has 1 unspecified atom stereocenters. The highest BCUT2D eigenvalue weighted by molar-refractivity contribution is 8.09. The number of para-hydroxylation sites is 1. The third kappa shape index (κ3) is 2.61. The topological polar surface area (TPSA) is 20.3 Å². The second kappa shape index (κ2) is 6.68. The van der Waals surface area contributed by atoms with Crippen LogP contribution in [-0.4, -0.2) is 11.7 Å². The number of anilines is 1. The Morgan fingerprint density at radius 2 is 1.54 bits per heavy atom. The van der Waals surface area contributed by atoms with Gasteiger partial charge >= 0.3 is 0 Å². The number of hydrogen-bond donors (Lipinski definition) is 0. The van der Waals surface area contributed by atoms with Crippen molar-refractivity contribution in [2.75, 3.05) is 10.7 Å². The first-order valence-electron chi connectivity index (χ1n) is 9.57. The molecular formula is C25H21NOS. The Bertz CT molecular complexity index is 1070. The van der Waals surface area contributed by atoms with E-state index in [-0.39, 0.29) is 5.91 Å². The number of nitrogens with zero attached hydrogens (tertiary/aromatic N) is 1. The predicted octanol–water partition coefficient (Wildman–Crippen LogP) is 5.85. The van der Waals surface area contributed by atoms with Crippen LogP contribution in [0.2, 0.25) is 0 Å². The van der Waals surface area contributed by atoms with Crippen molar-refractivity contribution >= 4 is 33.8 Å². The van der Waals surface area contributed by atoms with Crippen LogP contribution in [0.15, 0.2) is 84.9 Å². The van der Waals surface area contributed by atoms with Crippen molar-refractivity contribution in [1.29, 1.82) is 0 Å².